The van der Waals surface area contributed by atoms with Gasteiger partial charge in [-0.2, -0.15) is 0 Å². The second kappa shape index (κ2) is 36.7. The van der Waals surface area contributed by atoms with Crippen molar-refractivity contribution < 1.29 is 62.2 Å². The highest BCUT2D eigenvalue weighted by Crippen LogP contribution is 2.34. The first-order valence-corrected chi connectivity index (χ1v) is 31.7. The SMILES string of the molecule is CC[C@H](C)[C@@H]([C@@H](CC(=O)N1CCC[C@H]1[C@H](OC)[C@@H](C)C(=O)C[C@@H](Cc1ccccc1)c1nccs1)OC)N(C)C(=O)[C@@H](CC(=O)[C@H](C(C)C)N(C)C(=O)COc1ccc(NC(=O)[C@H](CCCNC(N)=O)CC(=O)[C@@H](NC(=O)CON)C(C)C)cc1)C(C)C. The van der Waals surface area contributed by atoms with Crippen LogP contribution in [-0.2, 0) is 59.1 Å². The number of carbonyl (C=O) groups is 9. The molecule has 488 valence electrons. The van der Waals surface area contributed by atoms with Crippen LogP contribution in [0.2, 0.25) is 0 Å². The summed E-state index contributed by atoms with van der Waals surface area (Å²) in [6.45, 7) is 16.6. The summed E-state index contributed by atoms with van der Waals surface area (Å²) in [4.78, 5) is 137. The number of nitrogens with zero attached hydrogens (tertiary/aromatic N) is 4. The highest BCUT2D eigenvalue weighted by Gasteiger charge is 2.44. The number of likely N-dealkylation sites (tertiary alicyclic amines) is 1. The maximum absolute atomic E-state index is 14.9. The number of likely N-dealkylation sites (N-methyl/N-ethyl adjacent to an activating group) is 2. The predicted molar refractivity (Wildman–Crippen MR) is 338 cm³/mol. The molecule has 1 aliphatic heterocycles. The minimum Gasteiger partial charge on any atom is -0.484 e. The number of urea groups is 1. The van der Waals surface area contributed by atoms with Crippen molar-refractivity contribution in [1.82, 2.24) is 30.3 Å². The number of methoxy groups -OCH3 is 2. The van der Waals surface area contributed by atoms with E-state index in [-0.39, 0.29) is 103 Å². The fourth-order valence-corrected chi connectivity index (χ4v) is 12.8. The number of Topliss-reactive ketones (excluding diaryl/α,β-unsaturated/α-hetero) is 3. The van der Waals surface area contributed by atoms with E-state index in [4.69, 9.17) is 25.8 Å². The number of aromatic nitrogens is 1. The first kappa shape index (κ1) is 73.8. The lowest BCUT2D eigenvalue weighted by atomic mass is 9.83. The van der Waals surface area contributed by atoms with Gasteiger partial charge >= 0.3 is 6.03 Å². The normalized spacial score (nSPS) is 16.7. The van der Waals surface area contributed by atoms with Crippen LogP contribution in [0.1, 0.15) is 137 Å². The second-order valence-corrected chi connectivity index (χ2v) is 25.4. The maximum atomic E-state index is 14.9. The molecule has 3 aromatic rings. The van der Waals surface area contributed by atoms with Gasteiger partial charge in [0.2, 0.25) is 23.6 Å². The first-order valence-electron chi connectivity index (χ1n) is 30.8. The van der Waals surface area contributed by atoms with Gasteiger partial charge in [-0.3, -0.25) is 43.2 Å². The van der Waals surface area contributed by atoms with Crippen molar-refractivity contribution in [3.8, 4) is 5.75 Å². The van der Waals surface area contributed by atoms with E-state index in [1.807, 2.05) is 76.9 Å². The molecule has 1 aliphatic rings. The van der Waals surface area contributed by atoms with Crippen molar-refractivity contribution in [3.63, 3.8) is 0 Å². The number of hydrogen-bond donors (Lipinski definition) is 5. The van der Waals surface area contributed by atoms with Gasteiger partial charge in [0.1, 0.15) is 18.1 Å². The molecule has 0 radical (unpaired) electrons. The number of primary amides is 1. The molecule has 0 spiro atoms. The van der Waals surface area contributed by atoms with Crippen LogP contribution in [0.5, 0.6) is 5.75 Å². The van der Waals surface area contributed by atoms with E-state index >= 15 is 0 Å². The van der Waals surface area contributed by atoms with Crippen molar-refractivity contribution in [1.29, 1.82) is 0 Å². The zero-order valence-electron chi connectivity index (χ0n) is 54.0. The van der Waals surface area contributed by atoms with E-state index in [0.29, 0.717) is 43.7 Å². The van der Waals surface area contributed by atoms with Crippen LogP contribution in [0.25, 0.3) is 0 Å². The number of ether oxygens (including phenoxy) is 3. The molecule has 7 amide bonds. The third kappa shape index (κ3) is 21.8. The Balaban J connectivity index is 1.42. The summed E-state index contributed by atoms with van der Waals surface area (Å²) in [5.74, 6) is -0.598. The van der Waals surface area contributed by atoms with Gasteiger partial charge in [0.25, 0.3) is 5.91 Å². The van der Waals surface area contributed by atoms with Gasteiger partial charge in [-0.25, -0.2) is 15.7 Å². The lowest BCUT2D eigenvalue weighted by molar-refractivity contribution is -0.150. The van der Waals surface area contributed by atoms with E-state index < -0.39 is 85.1 Å². The molecule has 0 bridgehead atoms. The summed E-state index contributed by atoms with van der Waals surface area (Å²) in [5, 5.41) is 10.7. The highest BCUT2D eigenvalue weighted by atomic mass is 32.1. The molecule has 2 heterocycles. The molecule has 4 rings (SSSR count). The first-order chi connectivity index (χ1) is 41.8. The molecule has 11 atom stereocenters. The monoisotopic (exact) mass is 1250 g/mol. The third-order valence-electron chi connectivity index (χ3n) is 17.1. The van der Waals surface area contributed by atoms with Gasteiger partial charge in [0.15, 0.2) is 18.2 Å². The Morgan fingerprint density at radius 2 is 1.48 bits per heavy atom. The van der Waals surface area contributed by atoms with E-state index in [0.717, 1.165) is 17.0 Å². The number of thiazole rings is 1. The molecule has 2 aromatic carbocycles. The van der Waals surface area contributed by atoms with Gasteiger partial charge in [-0.1, -0.05) is 99.1 Å². The van der Waals surface area contributed by atoms with Crippen LogP contribution < -0.4 is 32.3 Å². The summed E-state index contributed by atoms with van der Waals surface area (Å²) < 4.78 is 18.2. The Morgan fingerprint density at radius 1 is 0.795 bits per heavy atom. The van der Waals surface area contributed by atoms with Crippen LogP contribution in [0.15, 0.2) is 66.2 Å². The summed E-state index contributed by atoms with van der Waals surface area (Å²) in [6.07, 6.45) is 3.63. The number of hydrogen-bond acceptors (Lipinski definition) is 16. The van der Waals surface area contributed by atoms with Gasteiger partial charge in [0.05, 0.1) is 47.8 Å². The summed E-state index contributed by atoms with van der Waals surface area (Å²) in [6, 6.07) is 12.9. The van der Waals surface area contributed by atoms with Gasteiger partial charge < -0.3 is 50.6 Å². The minimum atomic E-state index is -0.913. The van der Waals surface area contributed by atoms with Crippen molar-refractivity contribution in [2.45, 2.75) is 169 Å². The molecule has 1 saturated heterocycles. The molecule has 23 heteroatoms. The van der Waals surface area contributed by atoms with Crippen molar-refractivity contribution in [2.24, 2.45) is 53.1 Å². The minimum absolute atomic E-state index is 0.0294. The predicted octanol–water partition coefficient (Wildman–Crippen LogP) is 7.14. The lowest BCUT2D eigenvalue weighted by Crippen LogP contribution is -2.54. The molecule has 22 nitrogen and oxygen atoms in total. The largest absolute Gasteiger partial charge is 0.484 e. The number of anilines is 1. The molecule has 88 heavy (non-hydrogen) atoms. The standard InChI is InChI=1S/C65H99N9O13S/c1-14-42(8)60(54(84-12)36-56(79)74-30-19-23-50(74)61(85-13)43(9)51(75)34-46(63-68-29-31-88-63)32-44-20-16-15-17-21-44)73(11)64(82)49(39(2)3)35-53(77)59(41(6)7)72(10)57(80)38-86-48-26-24-47(25-27-48)70-62(81)45(22-18-28-69-65(66)83)33-52(76)58(40(4)5)71-55(78)37-87-67/h15-17,20-21,24-27,29,31,39-43,45-46,49-50,54,58-61H,14,18-19,22-23,28,30,32-38,67H2,1-13H3,(H,70,81)(H,71,78)(H3,66,69,83)/t42-,43-,45+,46+,49-,50-,54+,58-,59-,60-,61+/m0/s1. The molecular formula is C65H99N9O13S. The number of amides is 7. The zero-order valence-corrected chi connectivity index (χ0v) is 54.8. The Kier molecular flexibility index (Phi) is 30.8. The Bertz CT molecular complexity index is 2710. The van der Waals surface area contributed by atoms with Gasteiger partial charge in [-0.15, -0.1) is 11.3 Å². The molecule has 1 aromatic heterocycles. The highest BCUT2D eigenvalue weighted by molar-refractivity contribution is 7.09. The molecule has 0 saturated carbocycles. The van der Waals surface area contributed by atoms with Crippen molar-refractivity contribution in [3.05, 3.63) is 76.7 Å². The quantitative estimate of drug-likeness (QED) is 0.0280. The van der Waals surface area contributed by atoms with Gasteiger partial charge in [0, 0.05) is 102 Å². The van der Waals surface area contributed by atoms with Crippen molar-refractivity contribution >= 4 is 69.9 Å². The number of rotatable bonds is 39. The van der Waals surface area contributed by atoms with E-state index in [9.17, 15) is 43.2 Å². The lowest BCUT2D eigenvalue weighted by Gasteiger charge is -2.41. The van der Waals surface area contributed by atoms with Crippen LogP contribution in [0.3, 0.4) is 0 Å². The van der Waals surface area contributed by atoms with Crippen LogP contribution in [0, 0.1) is 41.4 Å². The number of nitrogens with two attached hydrogens (primary N) is 2. The zero-order chi connectivity index (χ0) is 65.4. The van der Waals surface area contributed by atoms with E-state index in [2.05, 4.69) is 37.9 Å². The van der Waals surface area contributed by atoms with Crippen molar-refractivity contribution in [2.75, 3.05) is 59.9 Å². The summed E-state index contributed by atoms with van der Waals surface area (Å²) in [5.41, 5.74) is 6.70. The maximum Gasteiger partial charge on any atom is 0.312 e. The topological polar surface area (TPSA) is 301 Å². The van der Waals surface area contributed by atoms with E-state index in [1.54, 1.807) is 70.5 Å². The molecule has 0 aliphatic carbocycles. The average Bonchev–Trinajstić information content (AvgIpc) is 2.41. The van der Waals surface area contributed by atoms with Crippen LogP contribution in [-0.4, -0.2) is 164 Å². The Labute approximate surface area is 524 Å². The molecule has 7 N–H and O–H groups in total. The smallest absolute Gasteiger partial charge is 0.312 e. The van der Waals surface area contributed by atoms with Crippen LogP contribution >= 0.6 is 11.3 Å². The fraction of sp³-hybridized carbons (Fsp3) is 0.631. The third-order valence-corrected chi connectivity index (χ3v) is 18.1. The summed E-state index contributed by atoms with van der Waals surface area (Å²) >= 11 is 1.54. The average molecular weight is 1250 g/mol. The molecule has 0 unspecified atom stereocenters. The number of ketones is 3. The number of nitrogens with one attached hydrogen (secondary N) is 3. The number of benzene rings is 2. The fourth-order valence-electron chi connectivity index (χ4n) is 12.0. The molecular weight excluding hydrogens is 1150 g/mol. The van der Waals surface area contributed by atoms with E-state index in [1.165, 1.54) is 23.3 Å². The van der Waals surface area contributed by atoms with Gasteiger partial charge in [-0.05, 0) is 85.6 Å². The van der Waals surface area contributed by atoms with Crippen LogP contribution in [0.4, 0.5) is 10.5 Å². The second-order valence-electron chi connectivity index (χ2n) is 24.4. The Morgan fingerprint density at radius 3 is 2.05 bits per heavy atom. The molecule has 1 fully saturated rings. The number of carbonyl (C=O) groups excluding carboxylic acids is 9. The Hall–Kier alpha value is -6.66. The summed E-state index contributed by atoms with van der Waals surface area (Å²) in [7, 11) is 6.37.